The molecule has 0 fully saturated rings. The fourth-order valence-electron chi connectivity index (χ4n) is 1.07. The highest BCUT2D eigenvalue weighted by Crippen LogP contribution is 2.24. The van der Waals surface area contributed by atoms with Gasteiger partial charge in [-0.3, -0.25) is 0 Å². The first-order valence-corrected chi connectivity index (χ1v) is 4.33. The standard InChI is InChI=1S/C10H9F3N2O/c1-16-9(10(11,12)13)15-8-4-2-7(6-14)3-5-8/h2-5,9,15H,1H3. The van der Waals surface area contributed by atoms with Crippen LogP contribution in [-0.4, -0.2) is 19.5 Å². The number of benzene rings is 1. The van der Waals surface area contributed by atoms with E-state index in [4.69, 9.17) is 5.26 Å². The summed E-state index contributed by atoms with van der Waals surface area (Å²) >= 11 is 0. The first-order chi connectivity index (χ1) is 7.47. The zero-order chi connectivity index (χ0) is 12.2. The molecule has 86 valence electrons. The Hall–Kier alpha value is -1.74. The molecule has 16 heavy (non-hydrogen) atoms. The van der Waals surface area contributed by atoms with Crippen LogP contribution in [-0.2, 0) is 4.74 Å². The molecule has 0 saturated heterocycles. The van der Waals surface area contributed by atoms with Gasteiger partial charge in [0.15, 0.2) is 0 Å². The van der Waals surface area contributed by atoms with Gasteiger partial charge in [-0.05, 0) is 24.3 Å². The third-order valence-electron chi connectivity index (χ3n) is 1.84. The molecule has 1 aromatic rings. The second-order valence-electron chi connectivity index (χ2n) is 2.99. The number of methoxy groups -OCH3 is 1. The average Bonchev–Trinajstić information content (AvgIpc) is 2.25. The first-order valence-electron chi connectivity index (χ1n) is 4.33. The minimum atomic E-state index is -4.48. The van der Waals surface area contributed by atoms with Gasteiger partial charge < -0.3 is 10.1 Å². The number of anilines is 1. The van der Waals surface area contributed by atoms with Crippen LogP contribution in [0.25, 0.3) is 0 Å². The van der Waals surface area contributed by atoms with E-state index >= 15 is 0 Å². The summed E-state index contributed by atoms with van der Waals surface area (Å²) in [5.74, 6) is 0. The van der Waals surface area contributed by atoms with Gasteiger partial charge in [0, 0.05) is 12.8 Å². The van der Waals surface area contributed by atoms with E-state index in [2.05, 4.69) is 10.1 Å². The van der Waals surface area contributed by atoms with E-state index in [-0.39, 0.29) is 5.69 Å². The molecule has 1 unspecified atom stereocenters. The average molecular weight is 230 g/mol. The van der Waals surface area contributed by atoms with Crippen LogP contribution in [0.15, 0.2) is 24.3 Å². The Morgan fingerprint density at radius 2 is 1.88 bits per heavy atom. The van der Waals surface area contributed by atoms with Crippen molar-refractivity contribution in [1.29, 1.82) is 5.26 Å². The molecule has 1 atom stereocenters. The monoisotopic (exact) mass is 230 g/mol. The van der Waals surface area contributed by atoms with Crippen molar-refractivity contribution in [2.75, 3.05) is 12.4 Å². The third kappa shape index (κ3) is 3.14. The molecule has 0 radical (unpaired) electrons. The molecule has 6 heteroatoms. The third-order valence-corrected chi connectivity index (χ3v) is 1.84. The first kappa shape index (κ1) is 12.3. The molecule has 0 spiro atoms. The number of hydrogen-bond donors (Lipinski definition) is 1. The highest BCUT2D eigenvalue weighted by molar-refractivity contribution is 5.47. The van der Waals surface area contributed by atoms with E-state index in [1.807, 2.05) is 6.07 Å². The summed E-state index contributed by atoms with van der Waals surface area (Å²) in [7, 11) is 0.967. The Labute approximate surface area is 90.4 Å². The van der Waals surface area contributed by atoms with E-state index in [0.717, 1.165) is 7.11 Å². The number of nitrogens with one attached hydrogen (secondary N) is 1. The summed E-state index contributed by atoms with van der Waals surface area (Å²) in [6, 6.07) is 7.49. The molecule has 0 aromatic heterocycles. The van der Waals surface area contributed by atoms with Crippen molar-refractivity contribution in [2.24, 2.45) is 0 Å². The minimum absolute atomic E-state index is 0.239. The lowest BCUT2D eigenvalue weighted by Gasteiger charge is -2.20. The van der Waals surface area contributed by atoms with Crippen molar-refractivity contribution in [1.82, 2.24) is 0 Å². The molecular formula is C10H9F3N2O. The van der Waals surface area contributed by atoms with Crippen molar-refractivity contribution < 1.29 is 17.9 Å². The molecule has 0 aliphatic heterocycles. The van der Waals surface area contributed by atoms with Crippen molar-refractivity contribution in [3.8, 4) is 6.07 Å². The van der Waals surface area contributed by atoms with E-state index < -0.39 is 12.4 Å². The maximum Gasteiger partial charge on any atom is 0.433 e. The topological polar surface area (TPSA) is 45.0 Å². The Morgan fingerprint density at radius 3 is 2.25 bits per heavy atom. The van der Waals surface area contributed by atoms with Crippen molar-refractivity contribution >= 4 is 5.69 Å². The largest absolute Gasteiger partial charge is 0.433 e. The smallest absolute Gasteiger partial charge is 0.353 e. The van der Waals surface area contributed by atoms with Gasteiger partial charge >= 0.3 is 6.18 Å². The molecule has 0 amide bonds. The van der Waals surface area contributed by atoms with Gasteiger partial charge in [-0.25, -0.2) is 0 Å². The summed E-state index contributed by atoms with van der Waals surface area (Å²) in [5, 5.41) is 10.7. The SMILES string of the molecule is COC(Nc1ccc(C#N)cc1)C(F)(F)F. The lowest BCUT2D eigenvalue weighted by Crippen LogP contribution is -2.37. The van der Waals surface area contributed by atoms with Gasteiger partial charge in [0.05, 0.1) is 11.6 Å². The lowest BCUT2D eigenvalue weighted by atomic mass is 10.2. The van der Waals surface area contributed by atoms with Crippen LogP contribution in [0.2, 0.25) is 0 Å². The van der Waals surface area contributed by atoms with Crippen LogP contribution in [0.1, 0.15) is 5.56 Å². The summed E-state index contributed by atoms with van der Waals surface area (Å²) in [5.41, 5.74) is 0.620. The van der Waals surface area contributed by atoms with Crippen molar-refractivity contribution in [2.45, 2.75) is 12.4 Å². The minimum Gasteiger partial charge on any atom is -0.353 e. The van der Waals surface area contributed by atoms with E-state index in [0.29, 0.717) is 5.56 Å². The number of rotatable bonds is 3. The number of ether oxygens (including phenoxy) is 1. The predicted octanol–water partition coefficient (Wildman–Crippen LogP) is 2.50. The van der Waals surface area contributed by atoms with Gasteiger partial charge in [0.1, 0.15) is 0 Å². The van der Waals surface area contributed by atoms with Crippen molar-refractivity contribution in [3.05, 3.63) is 29.8 Å². The Kier molecular flexibility index (Phi) is 3.74. The maximum absolute atomic E-state index is 12.3. The highest BCUT2D eigenvalue weighted by atomic mass is 19.4. The Bertz CT molecular complexity index is 381. The zero-order valence-electron chi connectivity index (χ0n) is 8.38. The fraction of sp³-hybridized carbons (Fsp3) is 0.300. The van der Waals surface area contributed by atoms with Gasteiger partial charge in [-0.15, -0.1) is 0 Å². The van der Waals surface area contributed by atoms with Gasteiger partial charge in [0.25, 0.3) is 0 Å². The highest BCUT2D eigenvalue weighted by Gasteiger charge is 2.40. The van der Waals surface area contributed by atoms with Crippen molar-refractivity contribution in [3.63, 3.8) is 0 Å². The van der Waals surface area contributed by atoms with Crippen LogP contribution >= 0.6 is 0 Å². The van der Waals surface area contributed by atoms with E-state index in [1.54, 1.807) is 0 Å². The maximum atomic E-state index is 12.3. The number of hydrogen-bond acceptors (Lipinski definition) is 3. The zero-order valence-corrected chi connectivity index (χ0v) is 8.38. The molecule has 0 bridgehead atoms. The van der Waals surface area contributed by atoms with Gasteiger partial charge in [-0.2, -0.15) is 18.4 Å². The van der Waals surface area contributed by atoms with Crippen LogP contribution < -0.4 is 5.32 Å². The van der Waals surface area contributed by atoms with E-state index in [9.17, 15) is 13.2 Å². The second kappa shape index (κ2) is 4.86. The summed E-state index contributed by atoms with van der Waals surface area (Å²) < 4.78 is 41.2. The molecule has 1 N–H and O–H groups in total. The molecule has 0 aliphatic carbocycles. The molecular weight excluding hydrogens is 221 g/mol. The summed E-state index contributed by atoms with van der Waals surface area (Å²) in [4.78, 5) is 0. The normalized spacial score (nSPS) is 12.9. The molecule has 1 rings (SSSR count). The number of nitriles is 1. The molecule has 1 aromatic carbocycles. The number of alkyl halides is 3. The van der Waals surface area contributed by atoms with Gasteiger partial charge in [-0.1, -0.05) is 0 Å². The fourth-order valence-corrected chi connectivity index (χ4v) is 1.07. The van der Waals surface area contributed by atoms with Crippen LogP contribution in [0.5, 0.6) is 0 Å². The number of nitrogens with zero attached hydrogens (tertiary/aromatic N) is 1. The van der Waals surface area contributed by atoms with Crippen LogP contribution in [0.4, 0.5) is 18.9 Å². The summed E-state index contributed by atoms with van der Waals surface area (Å²) in [6.45, 7) is 0. The Morgan fingerprint density at radius 1 is 1.31 bits per heavy atom. The predicted molar refractivity (Wildman–Crippen MR) is 51.6 cm³/mol. The van der Waals surface area contributed by atoms with Gasteiger partial charge in [0.2, 0.25) is 6.23 Å². The van der Waals surface area contributed by atoms with Crippen LogP contribution in [0.3, 0.4) is 0 Å². The van der Waals surface area contributed by atoms with Crippen LogP contribution in [0, 0.1) is 11.3 Å². The lowest BCUT2D eigenvalue weighted by molar-refractivity contribution is -0.202. The molecule has 3 nitrogen and oxygen atoms in total. The second-order valence-corrected chi connectivity index (χ2v) is 2.99. The number of halogens is 3. The molecule has 0 heterocycles. The Balaban J connectivity index is 2.76. The molecule has 0 aliphatic rings. The van der Waals surface area contributed by atoms with E-state index in [1.165, 1.54) is 24.3 Å². The summed E-state index contributed by atoms with van der Waals surface area (Å²) in [6.07, 6.45) is -6.54. The molecule has 0 saturated carbocycles. The quantitative estimate of drug-likeness (QED) is 0.811.